The Balaban J connectivity index is 1.34. The smallest absolute Gasteiger partial charge is 0.135 e. The zero-order valence-corrected chi connectivity index (χ0v) is 21.6. The first-order valence-electron chi connectivity index (χ1n) is 12.8. The van der Waals surface area contributed by atoms with Crippen LogP contribution in [0.2, 0.25) is 0 Å². The number of benzene rings is 4. The van der Waals surface area contributed by atoms with Crippen LogP contribution in [0, 0.1) is 0 Å². The molecule has 0 fully saturated rings. The van der Waals surface area contributed by atoms with Crippen LogP contribution in [0.15, 0.2) is 132 Å². The summed E-state index contributed by atoms with van der Waals surface area (Å²) in [6.45, 7) is 0. The minimum atomic E-state index is 0.860. The van der Waals surface area contributed by atoms with E-state index in [0.717, 1.165) is 54.6 Å². The van der Waals surface area contributed by atoms with Crippen LogP contribution < -0.4 is 0 Å². The maximum atomic E-state index is 5.71. The number of para-hydroxylation sites is 1. The number of furan rings is 1. The van der Waals surface area contributed by atoms with Crippen molar-refractivity contribution in [1.82, 2.24) is 14.5 Å². The minimum absolute atomic E-state index is 0.860. The third-order valence-corrected chi connectivity index (χ3v) is 8.34. The summed E-state index contributed by atoms with van der Waals surface area (Å²) in [5, 5.41) is 3.44. The average Bonchev–Trinajstić information content (AvgIpc) is 3.75. The summed E-state index contributed by atoms with van der Waals surface area (Å²) in [5.74, 6) is 0.860. The molecule has 0 bridgehead atoms. The normalized spacial score (nSPS) is 11.6. The first-order valence-corrected chi connectivity index (χ1v) is 13.6. The quantitative estimate of drug-likeness (QED) is 0.233. The lowest BCUT2D eigenvalue weighted by molar-refractivity contribution is 0.583. The lowest BCUT2D eigenvalue weighted by atomic mass is 10.1. The number of fused-ring (bicyclic) bond motifs is 4. The Bertz CT molecular complexity index is 2120. The zero-order chi connectivity index (χ0) is 25.8. The van der Waals surface area contributed by atoms with E-state index in [9.17, 15) is 0 Å². The van der Waals surface area contributed by atoms with E-state index >= 15 is 0 Å². The van der Waals surface area contributed by atoms with Gasteiger partial charge in [0, 0.05) is 39.3 Å². The Hall–Kier alpha value is -5.00. The second-order valence-electron chi connectivity index (χ2n) is 9.50. The Morgan fingerprint density at radius 1 is 0.667 bits per heavy atom. The van der Waals surface area contributed by atoms with Crippen LogP contribution in [-0.4, -0.2) is 14.5 Å². The van der Waals surface area contributed by atoms with E-state index in [2.05, 4.69) is 88.4 Å². The van der Waals surface area contributed by atoms with Gasteiger partial charge in [-0.2, -0.15) is 0 Å². The van der Waals surface area contributed by atoms with Crippen LogP contribution in [-0.2, 0) is 0 Å². The topological polar surface area (TPSA) is 43.9 Å². The van der Waals surface area contributed by atoms with E-state index < -0.39 is 0 Å². The van der Waals surface area contributed by atoms with E-state index in [0.29, 0.717) is 0 Å². The summed E-state index contributed by atoms with van der Waals surface area (Å²) in [7, 11) is 0. The van der Waals surface area contributed by atoms with Crippen molar-refractivity contribution in [3.05, 3.63) is 128 Å². The number of nitrogens with zero attached hydrogens (tertiary/aromatic N) is 3. The molecule has 0 saturated carbocycles. The third-order valence-electron chi connectivity index (χ3n) is 7.19. The molecule has 8 aromatic rings. The minimum Gasteiger partial charge on any atom is -0.464 e. The average molecular weight is 520 g/mol. The number of hydrogen-bond acceptors (Lipinski definition) is 4. The van der Waals surface area contributed by atoms with Crippen molar-refractivity contribution < 1.29 is 4.42 Å². The molecule has 4 nitrogen and oxygen atoms in total. The number of hydrogen-bond donors (Lipinski definition) is 0. The summed E-state index contributed by atoms with van der Waals surface area (Å²) >= 11 is 1.70. The van der Waals surface area contributed by atoms with E-state index in [1.807, 2.05) is 42.6 Å². The number of thiazole rings is 1. The Morgan fingerprint density at radius 2 is 1.56 bits per heavy atom. The summed E-state index contributed by atoms with van der Waals surface area (Å²) in [6.07, 6.45) is 3.55. The molecule has 39 heavy (non-hydrogen) atoms. The summed E-state index contributed by atoms with van der Waals surface area (Å²) < 4.78 is 9.19. The van der Waals surface area contributed by atoms with Crippen molar-refractivity contribution in [1.29, 1.82) is 0 Å². The first kappa shape index (κ1) is 22.0. The van der Waals surface area contributed by atoms with Gasteiger partial charge in [0.2, 0.25) is 0 Å². The highest BCUT2D eigenvalue weighted by atomic mass is 32.1. The van der Waals surface area contributed by atoms with Crippen molar-refractivity contribution in [3.63, 3.8) is 0 Å². The van der Waals surface area contributed by atoms with Gasteiger partial charge in [0.15, 0.2) is 0 Å². The van der Waals surface area contributed by atoms with Crippen molar-refractivity contribution >= 4 is 43.4 Å². The molecule has 4 aromatic heterocycles. The molecule has 8 rings (SSSR count). The fourth-order valence-electron chi connectivity index (χ4n) is 5.42. The fourth-order valence-corrected chi connectivity index (χ4v) is 6.50. The van der Waals surface area contributed by atoms with Gasteiger partial charge in [0.25, 0.3) is 0 Å². The molecule has 4 heterocycles. The highest BCUT2D eigenvalue weighted by Crippen LogP contribution is 2.40. The summed E-state index contributed by atoms with van der Waals surface area (Å²) in [6, 6.07) is 40.0. The van der Waals surface area contributed by atoms with Gasteiger partial charge in [0.1, 0.15) is 10.8 Å². The highest BCUT2D eigenvalue weighted by molar-refractivity contribution is 7.22. The van der Waals surface area contributed by atoms with Gasteiger partial charge in [-0.1, -0.05) is 54.6 Å². The molecule has 0 aliphatic rings. The first-order chi connectivity index (χ1) is 19.3. The molecule has 0 amide bonds. The molecule has 0 aliphatic heterocycles. The van der Waals surface area contributed by atoms with Gasteiger partial charge < -0.3 is 8.98 Å². The molecule has 0 unspecified atom stereocenters. The maximum absolute atomic E-state index is 5.71. The predicted octanol–water partition coefficient (Wildman–Crippen LogP) is 9.38. The number of rotatable bonds is 4. The number of aromatic nitrogens is 3. The van der Waals surface area contributed by atoms with E-state index in [-0.39, 0.29) is 0 Å². The van der Waals surface area contributed by atoms with Crippen LogP contribution in [0.4, 0.5) is 0 Å². The van der Waals surface area contributed by atoms with Gasteiger partial charge in [0.05, 0.1) is 33.2 Å². The van der Waals surface area contributed by atoms with Crippen molar-refractivity contribution in [3.8, 4) is 38.8 Å². The fraction of sp³-hybridized carbons (Fsp3) is 0. The molecule has 0 atom stereocenters. The van der Waals surface area contributed by atoms with Crippen LogP contribution in [0.3, 0.4) is 0 Å². The monoisotopic (exact) mass is 519 g/mol. The van der Waals surface area contributed by atoms with Gasteiger partial charge in [-0.3, -0.25) is 4.98 Å². The van der Waals surface area contributed by atoms with E-state index in [1.165, 1.54) is 16.3 Å². The van der Waals surface area contributed by atoms with Crippen molar-refractivity contribution in [2.24, 2.45) is 0 Å². The zero-order valence-electron chi connectivity index (χ0n) is 20.8. The molecule has 184 valence electrons. The summed E-state index contributed by atoms with van der Waals surface area (Å²) in [4.78, 5) is 9.60. The van der Waals surface area contributed by atoms with Crippen molar-refractivity contribution in [2.75, 3.05) is 0 Å². The second kappa shape index (κ2) is 8.79. The SMILES string of the molecule is c1ccc(-c2cccc(-n3c4ccccc4c4ccc(-c5nc6cccc(-c7ccco7)c6s5)cc43)c2)nc1. The van der Waals surface area contributed by atoms with Crippen LogP contribution in [0.1, 0.15) is 0 Å². The molecule has 0 radical (unpaired) electrons. The van der Waals surface area contributed by atoms with E-state index in [4.69, 9.17) is 9.40 Å². The molecular weight excluding hydrogens is 498 g/mol. The van der Waals surface area contributed by atoms with E-state index in [1.54, 1.807) is 17.6 Å². The molecule has 5 heteroatoms. The molecular formula is C34H21N3OS. The van der Waals surface area contributed by atoms with Gasteiger partial charge in [-0.15, -0.1) is 11.3 Å². The molecule has 0 aliphatic carbocycles. The Morgan fingerprint density at radius 3 is 2.46 bits per heavy atom. The lowest BCUT2D eigenvalue weighted by Crippen LogP contribution is -1.95. The third kappa shape index (κ3) is 3.59. The van der Waals surface area contributed by atoms with Gasteiger partial charge >= 0.3 is 0 Å². The molecule has 0 spiro atoms. The summed E-state index contributed by atoms with van der Waals surface area (Å²) in [5.41, 5.74) is 8.62. The number of pyridine rings is 1. The van der Waals surface area contributed by atoms with Crippen LogP contribution in [0.5, 0.6) is 0 Å². The highest BCUT2D eigenvalue weighted by Gasteiger charge is 2.17. The van der Waals surface area contributed by atoms with Crippen molar-refractivity contribution in [2.45, 2.75) is 0 Å². The Labute approximate surface area is 228 Å². The lowest BCUT2D eigenvalue weighted by Gasteiger charge is -2.10. The maximum Gasteiger partial charge on any atom is 0.135 e. The Kier molecular flexibility index (Phi) is 4.96. The largest absolute Gasteiger partial charge is 0.464 e. The standard InChI is InChI=1S/C34H21N3OS/c1-2-14-30-25(10-1)26-17-16-23(34-36-29-13-6-11-27(33(29)39-34)32-15-7-19-38-32)21-31(26)37(30)24-9-5-8-22(20-24)28-12-3-4-18-35-28/h1-21H. The molecule has 0 N–H and O–H groups in total. The van der Waals surface area contributed by atoms with Gasteiger partial charge in [-0.05, 0) is 60.7 Å². The molecule has 0 saturated heterocycles. The van der Waals surface area contributed by atoms with Gasteiger partial charge in [-0.25, -0.2) is 4.98 Å². The molecule has 4 aromatic carbocycles. The predicted molar refractivity (Wildman–Crippen MR) is 160 cm³/mol. The van der Waals surface area contributed by atoms with Crippen LogP contribution >= 0.6 is 11.3 Å². The second-order valence-corrected chi connectivity index (χ2v) is 10.5. The van der Waals surface area contributed by atoms with Crippen LogP contribution in [0.25, 0.3) is 70.9 Å².